The summed E-state index contributed by atoms with van der Waals surface area (Å²) in [5, 5.41) is 9.17. The summed E-state index contributed by atoms with van der Waals surface area (Å²) in [6, 6.07) is 16.0. The van der Waals surface area contributed by atoms with Gasteiger partial charge in [0.2, 0.25) is 5.95 Å². The monoisotopic (exact) mass is 484 g/mol. The Morgan fingerprint density at radius 1 is 1.06 bits per heavy atom. The number of methoxy groups -OCH3 is 1. The Balaban J connectivity index is 1.37. The molecule has 1 N–H and O–H groups in total. The third-order valence-electron chi connectivity index (χ3n) is 6.90. The van der Waals surface area contributed by atoms with Crippen LogP contribution in [0.25, 0.3) is 22.2 Å². The maximum absolute atomic E-state index is 11.8. The summed E-state index contributed by atoms with van der Waals surface area (Å²) in [7, 11) is 1.38. The van der Waals surface area contributed by atoms with Crippen molar-refractivity contribution in [3.05, 3.63) is 60.3 Å². The summed E-state index contributed by atoms with van der Waals surface area (Å²) in [6.07, 6.45) is 5.56. The quantitative estimate of drug-likeness (QED) is 0.397. The number of nitrogens with one attached hydrogen (secondary N) is 1. The van der Waals surface area contributed by atoms with Crippen molar-refractivity contribution in [3.8, 4) is 11.3 Å². The van der Waals surface area contributed by atoms with Crippen molar-refractivity contribution in [2.45, 2.75) is 25.3 Å². The molecule has 3 heterocycles. The molecule has 6 rings (SSSR count). The third-order valence-corrected chi connectivity index (χ3v) is 6.90. The van der Waals surface area contributed by atoms with Crippen molar-refractivity contribution in [2.75, 3.05) is 43.6 Å². The molecule has 0 radical (unpaired) electrons. The first-order valence-corrected chi connectivity index (χ1v) is 12.3. The molecule has 1 aliphatic carbocycles. The number of aromatic nitrogens is 4. The van der Waals surface area contributed by atoms with E-state index in [1.165, 1.54) is 26.4 Å². The Morgan fingerprint density at radius 3 is 2.58 bits per heavy atom. The molecule has 2 aromatic heterocycles. The number of morpholine rings is 1. The van der Waals surface area contributed by atoms with Crippen molar-refractivity contribution >= 4 is 34.3 Å². The van der Waals surface area contributed by atoms with Gasteiger partial charge in [-0.3, -0.25) is 4.68 Å². The van der Waals surface area contributed by atoms with Gasteiger partial charge < -0.3 is 19.7 Å². The van der Waals surface area contributed by atoms with E-state index >= 15 is 0 Å². The fraction of sp³-hybridized carbons (Fsp3) is 0.333. The van der Waals surface area contributed by atoms with E-state index in [0.29, 0.717) is 36.6 Å². The summed E-state index contributed by atoms with van der Waals surface area (Å²) < 4.78 is 12.5. The second kappa shape index (κ2) is 9.58. The highest BCUT2D eigenvalue weighted by atomic mass is 16.5. The molecule has 0 bridgehead atoms. The van der Waals surface area contributed by atoms with E-state index in [0.717, 1.165) is 40.9 Å². The Morgan fingerprint density at radius 2 is 1.86 bits per heavy atom. The third kappa shape index (κ3) is 4.37. The smallest absolute Gasteiger partial charge is 0.337 e. The van der Waals surface area contributed by atoms with Gasteiger partial charge in [-0.25, -0.2) is 9.78 Å². The van der Waals surface area contributed by atoms with Gasteiger partial charge in [-0.1, -0.05) is 12.1 Å². The summed E-state index contributed by atoms with van der Waals surface area (Å²) in [5.41, 5.74) is 4.31. The maximum Gasteiger partial charge on any atom is 0.337 e. The van der Waals surface area contributed by atoms with Gasteiger partial charge in [0, 0.05) is 35.8 Å². The van der Waals surface area contributed by atoms with Crippen LogP contribution in [0.15, 0.2) is 54.7 Å². The van der Waals surface area contributed by atoms with Crippen molar-refractivity contribution < 1.29 is 14.3 Å². The molecule has 1 saturated carbocycles. The molecule has 1 saturated heterocycles. The van der Waals surface area contributed by atoms with E-state index in [-0.39, 0.29) is 5.97 Å². The molecule has 2 aliphatic rings. The minimum absolute atomic E-state index is 0.364. The predicted molar refractivity (Wildman–Crippen MR) is 138 cm³/mol. The molecule has 184 valence electrons. The average molecular weight is 485 g/mol. The number of hydrogen-bond donors (Lipinski definition) is 1. The van der Waals surface area contributed by atoms with Crippen LogP contribution < -0.4 is 10.2 Å². The number of anilines is 3. The number of benzene rings is 2. The van der Waals surface area contributed by atoms with Crippen LogP contribution in [0.5, 0.6) is 0 Å². The van der Waals surface area contributed by atoms with Gasteiger partial charge in [0.05, 0.1) is 49.3 Å². The largest absolute Gasteiger partial charge is 0.465 e. The number of nitrogens with zero attached hydrogens (tertiary/aromatic N) is 5. The van der Waals surface area contributed by atoms with Crippen LogP contribution in [0, 0.1) is 0 Å². The van der Waals surface area contributed by atoms with E-state index in [1.807, 2.05) is 24.4 Å². The number of rotatable bonds is 6. The fourth-order valence-corrected chi connectivity index (χ4v) is 4.63. The Hall–Kier alpha value is -3.98. The SMILES string of the molecule is COC(=O)c1ccc(Nc2cc(-c3ccc4cnn(C5CCC5)c4c3)nc(N3CCOCC3)n2)cc1. The molecular formula is C27H28N6O3. The van der Waals surface area contributed by atoms with Gasteiger partial charge in [-0.15, -0.1) is 0 Å². The molecular weight excluding hydrogens is 456 g/mol. The number of fused-ring (bicyclic) bond motifs is 1. The highest BCUT2D eigenvalue weighted by Crippen LogP contribution is 2.35. The molecule has 0 atom stereocenters. The highest BCUT2D eigenvalue weighted by Gasteiger charge is 2.22. The second-order valence-corrected chi connectivity index (χ2v) is 9.18. The topological polar surface area (TPSA) is 94.4 Å². The average Bonchev–Trinajstić information content (AvgIpc) is 3.30. The molecule has 2 aromatic carbocycles. The Labute approximate surface area is 209 Å². The molecule has 9 heteroatoms. The van der Waals surface area contributed by atoms with Crippen LogP contribution in [0.1, 0.15) is 35.7 Å². The van der Waals surface area contributed by atoms with Gasteiger partial charge in [-0.2, -0.15) is 10.1 Å². The van der Waals surface area contributed by atoms with Crippen LogP contribution in [-0.4, -0.2) is 59.1 Å². The summed E-state index contributed by atoms with van der Waals surface area (Å²) >= 11 is 0. The van der Waals surface area contributed by atoms with Crippen LogP contribution >= 0.6 is 0 Å². The second-order valence-electron chi connectivity index (χ2n) is 9.18. The molecule has 2 fully saturated rings. The lowest BCUT2D eigenvalue weighted by Gasteiger charge is -2.27. The van der Waals surface area contributed by atoms with Gasteiger partial charge in [0.1, 0.15) is 5.82 Å². The van der Waals surface area contributed by atoms with Gasteiger partial charge in [-0.05, 0) is 49.6 Å². The zero-order valence-corrected chi connectivity index (χ0v) is 20.2. The number of hydrogen-bond acceptors (Lipinski definition) is 8. The van der Waals surface area contributed by atoms with Crippen LogP contribution in [0.3, 0.4) is 0 Å². The van der Waals surface area contributed by atoms with Gasteiger partial charge in [0.15, 0.2) is 0 Å². The molecule has 4 aromatic rings. The zero-order valence-electron chi connectivity index (χ0n) is 20.2. The maximum atomic E-state index is 11.8. The minimum Gasteiger partial charge on any atom is -0.465 e. The molecule has 36 heavy (non-hydrogen) atoms. The van der Waals surface area contributed by atoms with E-state index in [1.54, 1.807) is 12.1 Å². The number of carbonyl (C=O) groups is 1. The standard InChI is InChI=1S/C27H28N6O3/c1-35-26(34)18-7-9-21(10-8-18)29-25-16-23(30-27(31-25)32-11-13-36-14-12-32)19-5-6-20-17-28-33(24(20)15-19)22-3-2-4-22/h5-10,15-17,22H,2-4,11-14H2,1H3,(H,29,30,31). The fourth-order valence-electron chi connectivity index (χ4n) is 4.63. The van der Waals surface area contributed by atoms with Gasteiger partial charge >= 0.3 is 5.97 Å². The minimum atomic E-state index is -0.364. The molecule has 0 spiro atoms. The van der Waals surface area contributed by atoms with Crippen LogP contribution in [0.2, 0.25) is 0 Å². The highest BCUT2D eigenvalue weighted by molar-refractivity contribution is 5.90. The molecule has 1 aliphatic heterocycles. The van der Waals surface area contributed by atoms with Crippen molar-refractivity contribution in [1.82, 2.24) is 19.7 Å². The Bertz CT molecular complexity index is 1390. The summed E-state index contributed by atoms with van der Waals surface area (Å²) in [5.74, 6) is 0.981. The molecule has 0 amide bonds. The zero-order chi connectivity index (χ0) is 24.5. The van der Waals surface area contributed by atoms with E-state index in [2.05, 4.69) is 38.2 Å². The Kier molecular flexibility index (Phi) is 5.98. The first-order chi connectivity index (χ1) is 17.7. The number of esters is 1. The van der Waals surface area contributed by atoms with E-state index in [9.17, 15) is 4.79 Å². The lowest BCUT2D eigenvalue weighted by Crippen LogP contribution is -2.37. The number of carbonyl (C=O) groups excluding carboxylic acids is 1. The molecule has 0 unspecified atom stereocenters. The predicted octanol–water partition coefficient (Wildman–Crippen LogP) is 4.59. The first kappa shape index (κ1) is 22.5. The van der Waals surface area contributed by atoms with Crippen molar-refractivity contribution in [3.63, 3.8) is 0 Å². The molecule has 9 nitrogen and oxygen atoms in total. The normalized spacial score (nSPS) is 16.1. The van der Waals surface area contributed by atoms with Crippen molar-refractivity contribution in [2.24, 2.45) is 0 Å². The van der Waals surface area contributed by atoms with E-state index < -0.39 is 0 Å². The van der Waals surface area contributed by atoms with Crippen LogP contribution in [0.4, 0.5) is 17.5 Å². The lowest BCUT2D eigenvalue weighted by molar-refractivity contribution is 0.0600. The summed E-state index contributed by atoms with van der Waals surface area (Å²) in [4.78, 5) is 23.7. The summed E-state index contributed by atoms with van der Waals surface area (Å²) in [6.45, 7) is 2.78. The van der Waals surface area contributed by atoms with Crippen molar-refractivity contribution in [1.29, 1.82) is 0 Å². The van der Waals surface area contributed by atoms with Gasteiger partial charge in [0.25, 0.3) is 0 Å². The van der Waals surface area contributed by atoms with Crippen LogP contribution in [-0.2, 0) is 9.47 Å². The first-order valence-electron chi connectivity index (χ1n) is 12.3. The number of ether oxygens (including phenoxy) is 2. The van der Waals surface area contributed by atoms with E-state index in [4.69, 9.17) is 19.4 Å². The lowest BCUT2D eigenvalue weighted by atomic mass is 9.93.